The van der Waals surface area contributed by atoms with Gasteiger partial charge >= 0.3 is 12.0 Å². The molecule has 1 fully saturated rings. The number of aryl methyl sites for hydroxylation is 1. The molecule has 0 radical (unpaired) electrons. The SMILES string of the molecule is COC(=O)c1c(OCc2c(F)cc(C)cc2F)nsc1NC(=O)NCCC1CCCN1C. The van der Waals surface area contributed by atoms with Crippen LogP contribution in [0.3, 0.4) is 0 Å². The third kappa shape index (κ3) is 5.71. The summed E-state index contributed by atoms with van der Waals surface area (Å²) >= 11 is 0.810. The molecule has 1 atom stereocenters. The molecule has 3 rings (SSSR count). The van der Waals surface area contributed by atoms with Crippen molar-refractivity contribution in [2.75, 3.05) is 32.6 Å². The second-order valence-electron chi connectivity index (χ2n) is 7.63. The Bertz CT molecular complexity index is 962. The van der Waals surface area contributed by atoms with Gasteiger partial charge in [-0.05, 0) is 69.0 Å². The van der Waals surface area contributed by atoms with E-state index in [4.69, 9.17) is 9.47 Å². The summed E-state index contributed by atoms with van der Waals surface area (Å²) in [7, 11) is 3.23. The van der Waals surface area contributed by atoms with Gasteiger partial charge < -0.3 is 19.7 Å². The van der Waals surface area contributed by atoms with Crippen LogP contribution in [-0.2, 0) is 11.3 Å². The van der Waals surface area contributed by atoms with Crippen molar-refractivity contribution in [2.24, 2.45) is 0 Å². The van der Waals surface area contributed by atoms with Gasteiger partial charge in [0.05, 0.1) is 12.7 Å². The zero-order valence-electron chi connectivity index (χ0n) is 18.2. The molecule has 2 amide bonds. The lowest BCUT2D eigenvalue weighted by atomic mass is 10.1. The number of carbonyl (C=O) groups excluding carboxylic acids is 2. The molecule has 0 aliphatic carbocycles. The second-order valence-corrected chi connectivity index (χ2v) is 8.40. The molecule has 1 aromatic carbocycles. The number of urea groups is 1. The minimum Gasteiger partial charge on any atom is -0.471 e. The average molecular weight is 469 g/mol. The van der Waals surface area contributed by atoms with Crippen molar-refractivity contribution in [3.05, 3.63) is 40.5 Å². The number of ether oxygens (including phenoxy) is 2. The number of hydrogen-bond donors (Lipinski definition) is 2. The van der Waals surface area contributed by atoms with Gasteiger partial charge in [-0.25, -0.2) is 18.4 Å². The van der Waals surface area contributed by atoms with Crippen molar-refractivity contribution in [2.45, 2.75) is 38.8 Å². The van der Waals surface area contributed by atoms with Crippen molar-refractivity contribution in [3.63, 3.8) is 0 Å². The molecular weight excluding hydrogens is 442 g/mol. The number of amides is 2. The molecule has 1 unspecified atom stereocenters. The van der Waals surface area contributed by atoms with Crippen LogP contribution in [0.1, 0.15) is 40.7 Å². The molecule has 1 aromatic heterocycles. The number of methoxy groups -OCH3 is 1. The highest BCUT2D eigenvalue weighted by molar-refractivity contribution is 7.11. The standard InChI is InChI=1S/C21H26F2N4O4S/c1-12-9-15(22)14(16(23)10-12)11-31-18-17(20(28)30-3)19(32-26-18)25-21(29)24-7-6-13-5-4-8-27(13)2/h9-10,13H,4-8,11H2,1-3H3,(H2,24,25,29). The fourth-order valence-corrected chi connectivity index (χ4v) is 4.31. The van der Waals surface area contributed by atoms with Crippen LogP contribution in [-0.4, -0.2) is 54.6 Å². The molecule has 32 heavy (non-hydrogen) atoms. The van der Waals surface area contributed by atoms with Crippen LogP contribution in [0.25, 0.3) is 0 Å². The highest BCUT2D eigenvalue weighted by Gasteiger charge is 2.26. The molecule has 2 aromatic rings. The first-order chi connectivity index (χ1) is 15.3. The number of benzene rings is 1. The Balaban J connectivity index is 1.64. The summed E-state index contributed by atoms with van der Waals surface area (Å²) in [6.45, 7) is 2.62. The van der Waals surface area contributed by atoms with E-state index >= 15 is 0 Å². The Morgan fingerprint density at radius 3 is 2.66 bits per heavy atom. The predicted octanol–water partition coefficient (Wildman–Crippen LogP) is 3.70. The molecule has 8 nitrogen and oxygen atoms in total. The summed E-state index contributed by atoms with van der Waals surface area (Å²) in [5.74, 6) is -2.49. The number of anilines is 1. The van der Waals surface area contributed by atoms with Crippen LogP contribution in [0.15, 0.2) is 12.1 Å². The van der Waals surface area contributed by atoms with E-state index in [1.54, 1.807) is 6.92 Å². The highest BCUT2D eigenvalue weighted by atomic mass is 32.1. The summed E-state index contributed by atoms with van der Waals surface area (Å²) in [6.07, 6.45) is 3.07. The number of nitrogens with one attached hydrogen (secondary N) is 2. The number of rotatable bonds is 8. The fraction of sp³-hybridized carbons (Fsp3) is 0.476. The lowest BCUT2D eigenvalue weighted by Gasteiger charge is -2.19. The van der Waals surface area contributed by atoms with Gasteiger partial charge in [-0.2, -0.15) is 4.37 Å². The molecule has 1 saturated heterocycles. The van der Waals surface area contributed by atoms with Crippen molar-refractivity contribution < 1.29 is 27.8 Å². The van der Waals surface area contributed by atoms with Crippen LogP contribution in [0, 0.1) is 18.6 Å². The number of halogens is 2. The molecule has 174 valence electrons. The first-order valence-corrected chi connectivity index (χ1v) is 11.0. The topological polar surface area (TPSA) is 92.8 Å². The predicted molar refractivity (Wildman–Crippen MR) is 116 cm³/mol. The Kier molecular flexibility index (Phi) is 7.97. The van der Waals surface area contributed by atoms with E-state index in [0.717, 1.165) is 37.3 Å². The second kappa shape index (κ2) is 10.7. The van der Waals surface area contributed by atoms with E-state index in [1.165, 1.54) is 19.2 Å². The van der Waals surface area contributed by atoms with Gasteiger partial charge in [-0.1, -0.05) is 0 Å². The molecule has 0 saturated carbocycles. The normalized spacial score (nSPS) is 16.1. The number of esters is 1. The number of likely N-dealkylation sites (tertiary alicyclic amines) is 1. The van der Waals surface area contributed by atoms with E-state index in [1.807, 2.05) is 0 Å². The summed E-state index contributed by atoms with van der Waals surface area (Å²) in [5.41, 5.74) is 0.0318. The summed E-state index contributed by atoms with van der Waals surface area (Å²) < 4.78 is 42.3. The van der Waals surface area contributed by atoms with Gasteiger partial charge in [0.2, 0.25) is 5.88 Å². The van der Waals surface area contributed by atoms with Crippen molar-refractivity contribution in [3.8, 4) is 5.88 Å². The third-order valence-corrected chi connectivity index (χ3v) is 6.10. The summed E-state index contributed by atoms with van der Waals surface area (Å²) in [6, 6.07) is 2.31. The first kappa shape index (κ1) is 23.9. The summed E-state index contributed by atoms with van der Waals surface area (Å²) in [5, 5.41) is 5.45. The molecule has 0 spiro atoms. The molecule has 1 aliphatic rings. The summed E-state index contributed by atoms with van der Waals surface area (Å²) in [4.78, 5) is 26.8. The van der Waals surface area contributed by atoms with Crippen LogP contribution in [0.5, 0.6) is 5.88 Å². The first-order valence-electron chi connectivity index (χ1n) is 10.2. The van der Waals surface area contributed by atoms with Gasteiger partial charge in [0.1, 0.15) is 23.2 Å². The number of carbonyl (C=O) groups is 2. The minimum atomic E-state index is -0.790. The quantitative estimate of drug-likeness (QED) is 0.574. The van der Waals surface area contributed by atoms with E-state index in [2.05, 4.69) is 27.0 Å². The molecule has 11 heteroatoms. The van der Waals surface area contributed by atoms with E-state index in [-0.39, 0.29) is 22.0 Å². The van der Waals surface area contributed by atoms with E-state index in [0.29, 0.717) is 18.2 Å². The zero-order valence-corrected chi connectivity index (χ0v) is 19.0. The van der Waals surface area contributed by atoms with Crippen LogP contribution in [0.4, 0.5) is 18.6 Å². The van der Waals surface area contributed by atoms with Gasteiger partial charge in [-0.3, -0.25) is 5.32 Å². The van der Waals surface area contributed by atoms with Gasteiger partial charge in [0.25, 0.3) is 0 Å². The largest absolute Gasteiger partial charge is 0.471 e. The number of hydrogen-bond acceptors (Lipinski definition) is 7. The third-order valence-electron chi connectivity index (χ3n) is 5.35. The van der Waals surface area contributed by atoms with Crippen LogP contribution >= 0.6 is 11.5 Å². The van der Waals surface area contributed by atoms with Crippen LogP contribution < -0.4 is 15.4 Å². The number of nitrogens with zero attached hydrogens (tertiary/aromatic N) is 2. The number of aromatic nitrogens is 1. The molecule has 2 N–H and O–H groups in total. The van der Waals surface area contributed by atoms with Gasteiger partial charge in [0, 0.05) is 12.6 Å². The minimum absolute atomic E-state index is 0.115. The molecule has 1 aliphatic heterocycles. The lowest BCUT2D eigenvalue weighted by molar-refractivity contribution is 0.0596. The van der Waals surface area contributed by atoms with E-state index < -0.39 is 30.2 Å². The Labute approximate surface area is 189 Å². The smallest absolute Gasteiger partial charge is 0.346 e. The highest BCUT2D eigenvalue weighted by Crippen LogP contribution is 2.32. The maximum absolute atomic E-state index is 14.1. The Hall–Kier alpha value is -2.79. The van der Waals surface area contributed by atoms with Crippen LogP contribution in [0.2, 0.25) is 0 Å². The zero-order chi connectivity index (χ0) is 23.3. The Morgan fingerprint density at radius 2 is 2.03 bits per heavy atom. The van der Waals surface area contributed by atoms with Gasteiger partial charge in [-0.15, -0.1) is 0 Å². The molecule has 2 heterocycles. The van der Waals surface area contributed by atoms with Gasteiger partial charge in [0.15, 0.2) is 5.56 Å². The Morgan fingerprint density at radius 1 is 1.31 bits per heavy atom. The lowest BCUT2D eigenvalue weighted by Crippen LogP contribution is -2.34. The van der Waals surface area contributed by atoms with E-state index in [9.17, 15) is 18.4 Å². The average Bonchev–Trinajstić information content (AvgIpc) is 3.32. The maximum Gasteiger partial charge on any atom is 0.346 e. The van der Waals surface area contributed by atoms with Crippen molar-refractivity contribution in [1.82, 2.24) is 14.6 Å². The van der Waals surface area contributed by atoms with Crippen molar-refractivity contribution >= 4 is 28.5 Å². The monoisotopic (exact) mass is 468 g/mol. The fourth-order valence-electron chi connectivity index (χ4n) is 3.59. The molecule has 0 bridgehead atoms. The van der Waals surface area contributed by atoms with Crippen molar-refractivity contribution in [1.29, 1.82) is 0 Å². The molecular formula is C21H26F2N4O4S. The maximum atomic E-state index is 14.1.